The van der Waals surface area contributed by atoms with Crippen molar-refractivity contribution in [2.45, 2.75) is 19.9 Å². The zero-order chi connectivity index (χ0) is 25.3. The van der Waals surface area contributed by atoms with E-state index >= 15 is 0 Å². The van der Waals surface area contributed by atoms with E-state index < -0.39 is 42.1 Å². The lowest BCUT2D eigenvalue weighted by Gasteiger charge is -2.27. The lowest BCUT2D eigenvalue weighted by Crippen LogP contribution is -2.49. The number of imide groups is 1. The van der Waals surface area contributed by atoms with E-state index in [1.807, 2.05) is 42.5 Å². The first-order valence-electron chi connectivity index (χ1n) is 10.9. The van der Waals surface area contributed by atoms with E-state index in [4.69, 9.17) is 27.9 Å². The summed E-state index contributed by atoms with van der Waals surface area (Å²) < 4.78 is 5.27. The quantitative estimate of drug-likeness (QED) is 0.231. The van der Waals surface area contributed by atoms with Crippen molar-refractivity contribution in [2.24, 2.45) is 5.92 Å². The lowest BCUT2D eigenvalue weighted by molar-refractivity contribution is -0.148. The molecule has 1 aliphatic heterocycles. The number of amides is 2. The molecule has 1 aliphatic rings. The predicted molar refractivity (Wildman–Crippen MR) is 133 cm³/mol. The summed E-state index contributed by atoms with van der Waals surface area (Å²) in [5.74, 6) is -3.04. The van der Waals surface area contributed by atoms with Gasteiger partial charge in [0.25, 0.3) is 11.8 Å². The van der Waals surface area contributed by atoms with Gasteiger partial charge in [-0.2, -0.15) is 0 Å². The maximum atomic E-state index is 13.0. The van der Waals surface area contributed by atoms with Crippen molar-refractivity contribution in [3.05, 3.63) is 93.5 Å². The van der Waals surface area contributed by atoms with Crippen LogP contribution in [0.3, 0.4) is 0 Å². The highest BCUT2D eigenvalue weighted by Gasteiger charge is 2.45. The van der Waals surface area contributed by atoms with Crippen LogP contribution in [-0.4, -0.2) is 41.1 Å². The second-order valence-corrected chi connectivity index (χ2v) is 9.27. The molecule has 4 rings (SSSR count). The molecule has 1 atom stereocenters. The predicted octanol–water partition coefficient (Wildman–Crippen LogP) is 5.71. The van der Waals surface area contributed by atoms with Gasteiger partial charge in [-0.1, -0.05) is 91.6 Å². The molecule has 0 N–H and O–H groups in total. The molecule has 1 heterocycles. The molecule has 0 radical (unpaired) electrons. The Labute approximate surface area is 212 Å². The van der Waals surface area contributed by atoms with Crippen LogP contribution in [0.2, 0.25) is 10.0 Å². The van der Waals surface area contributed by atoms with Gasteiger partial charge in [-0.3, -0.25) is 19.3 Å². The summed E-state index contributed by atoms with van der Waals surface area (Å²) in [7, 11) is 0. The third-order valence-corrected chi connectivity index (χ3v) is 6.49. The zero-order valence-corrected chi connectivity index (χ0v) is 20.5. The normalized spacial score (nSPS) is 13.7. The highest BCUT2D eigenvalue weighted by atomic mass is 35.5. The van der Waals surface area contributed by atoms with Gasteiger partial charge in [-0.15, -0.1) is 0 Å². The fraction of sp³-hybridized carbons (Fsp3) is 0.185. The first kappa shape index (κ1) is 24.6. The van der Waals surface area contributed by atoms with Gasteiger partial charge >= 0.3 is 5.97 Å². The largest absolute Gasteiger partial charge is 0.456 e. The van der Waals surface area contributed by atoms with Crippen LogP contribution in [-0.2, 0) is 9.53 Å². The van der Waals surface area contributed by atoms with Crippen LogP contribution >= 0.6 is 23.2 Å². The molecule has 0 bridgehead atoms. The van der Waals surface area contributed by atoms with Gasteiger partial charge < -0.3 is 4.74 Å². The van der Waals surface area contributed by atoms with E-state index in [0.717, 1.165) is 16.0 Å². The van der Waals surface area contributed by atoms with Crippen LogP contribution in [0.15, 0.2) is 66.7 Å². The van der Waals surface area contributed by atoms with Crippen LogP contribution in [0.1, 0.15) is 44.9 Å². The molecule has 0 fully saturated rings. The molecule has 3 aromatic carbocycles. The monoisotopic (exact) mass is 509 g/mol. The molecule has 8 heteroatoms. The number of esters is 1. The average molecular weight is 510 g/mol. The van der Waals surface area contributed by atoms with Crippen LogP contribution < -0.4 is 0 Å². The Morgan fingerprint density at radius 2 is 1.34 bits per heavy atom. The van der Waals surface area contributed by atoms with E-state index in [0.29, 0.717) is 5.56 Å². The van der Waals surface area contributed by atoms with Crippen LogP contribution in [0.4, 0.5) is 0 Å². The molecule has 3 aromatic rings. The summed E-state index contributed by atoms with van der Waals surface area (Å²) in [5.41, 5.74) is 2.48. The van der Waals surface area contributed by atoms with Crippen molar-refractivity contribution >= 4 is 46.8 Å². The first-order chi connectivity index (χ1) is 16.7. The van der Waals surface area contributed by atoms with E-state index in [-0.39, 0.29) is 21.2 Å². The molecular formula is C27H21Cl2NO5. The number of carbonyl (C=O) groups is 4. The van der Waals surface area contributed by atoms with Crippen molar-refractivity contribution < 1.29 is 23.9 Å². The second-order valence-electron chi connectivity index (χ2n) is 8.46. The summed E-state index contributed by atoms with van der Waals surface area (Å²) in [4.78, 5) is 52.4. The minimum Gasteiger partial charge on any atom is -0.456 e. The van der Waals surface area contributed by atoms with Gasteiger partial charge in [0.2, 0.25) is 0 Å². The SMILES string of the molecule is CC(C)[C@H](C(=O)OCC(=O)c1ccc(-c2ccccc2)cc1)N1C(=O)c2cc(Cl)c(Cl)cc2C1=O. The zero-order valence-electron chi connectivity index (χ0n) is 19.0. The Bertz CT molecular complexity index is 1280. The molecular weight excluding hydrogens is 489 g/mol. The number of hydrogen-bond acceptors (Lipinski definition) is 5. The standard InChI is InChI=1S/C27H21Cl2NO5/c1-15(2)24(30-25(32)19-12-21(28)22(29)13-20(19)26(30)33)27(34)35-14-23(31)18-10-8-17(9-11-18)16-6-4-3-5-7-16/h3-13,15,24H,14H2,1-2H3/t24-/m1/s1. The minimum absolute atomic E-state index is 0.0671. The third kappa shape index (κ3) is 4.85. The van der Waals surface area contributed by atoms with Gasteiger partial charge in [0.1, 0.15) is 6.04 Å². The highest BCUT2D eigenvalue weighted by molar-refractivity contribution is 6.43. The van der Waals surface area contributed by atoms with E-state index in [1.54, 1.807) is 26.0 Å². The number of rotatable bonds is 7. The lowest BCUT2D eigenvalue weighted by atomic mass is 10.0. The topological polar surface area (TPSA) is 80.8 Å². The molecule has 6 nitrogen and oxygen atoms in total. The number of ketones is 1. The van der Waals surface area contributed by atoms with Crippen LogP contribution in [0.5, 0.6) is 0 Å². The second kappa shape index (κ2) is 10.0. The molecule has 0 spiro atoms. The number of fused-ring (bicyclic) bond motifs is 1. The van der Waals surface area contributed by atoms with Gasteiger partial charge in [-0.25, -0.2) is 4.79 Å². The average Bonchev–Trinajstić information content (AvgIpc) is 3.08. The molecule has 0 saturated carbocycles. The number of ether oxygens (including phenoxy) is 1. The van der Waals surface area contributed by atoms with Gasteiger partial charge in [-0.05, 0) is 29.2 Å². The van der Waals surface area contributed by atoms with Crippen molar-refractivity contribution in [3.63, 3.8) is 0 Å². The molecule has 35 heavy (non-hydrogen) atoms. The van der Waals surface area contributed by atoms with E-state index in [2.05, 4.69) is 0 Å². The molecule has 0 aromatic heterocycles. The van der Waals surface area contributed by atoms with Gasteiger partial charge in [0, 0.05) is 5.56 Å². The highest BCUT2D eigenvalue weighted by Crippen LogP contribution is 2.33. The molecule has 0 saturated heterocycles. The Kier molecular flexibility index (Phi) is 7.05. The summed E-state index contributed by atoms with van der Waals surface area (Å²) in [6, 6.07) is 18.1. The van der Waals surface area contributed by atoms with E-state index in [1.165, 1.54) is 12.1 Å². The van der Waals surface area contributed by atoms with Crippen molar-refractivity contribution in [2.75, 3.05) is 6.61 Å². The molecule has 2 amide bonds. The van der Waals surface area contributed by atoms with Crippen LogP contribution in [0, 0.1) is 5.92 Å². The Morgan fingerprint density at radius 1 is 0.829 bits per heavy atom. The van der Waals surface area contributed by atoms with E-state index in [9.17, 15) is 19.2 Å². The Morgan fingerprint density at radius 3 is 1.86 bits per heavy atom. The summed E-state index contributed by atoms with van der Waals surface area (Å²) in [5, 5.41) is 0.252. The fourth-order valence-corrected chi connectivity index (χ4v) is 4.29. The molecule has 0 unspecified atom stereocenters. The van der Waals surface area contributed by atoms with Gasteiger partial charge in [0.05, 0.1) is 21.2 Å². The Hall–Kier alpha value is -3.48. The number of nitrogens with zero attached hydrogens (tertiary/aromatic N) is 1. The van der Waals surface area contributed by atoms with Crippen molar-refractivity contribution in [1.82, 2.24) is 4.90 Å². The maximum absolute atomic E-state index is 13.0. The number of benzene rings is 3. The molecule has 178 valence electrons. The molecule has 0 aliphatic carbocycles. The number of hydrogen-bond donors (Lipinski definition) is 0. The summed E-state index contributed by atoms with van der Waals surface area (Å²) >= 11 is 12.0. The maximum Gasteiger partial charge on any atom is 0.330 e. The van der Waals surface area contributed by atoms with Gasteiger partial charge in [0.15, 0.2) is 12.4 Å². The number of carbonyl (C=O) groups excluding carboxylic acids is 4. The smallest absolute Gasteiger partial charge is 0.330 e. The first-order valence-corrected chi connectivity index (χ1v) is 11.7. The van der Waals surface area contributed by atoms with Crippen LogP contribution in [0.25, 0.3) is 11.1 Å². The number of Topliss-reactive ketones (excluding diaryl/α,β-unsaturated/α-hetero) is 1. The fourth-order valence-electron chi connectivity index (χ4n) is 3.97. The summed E-state index contributed by atoms with van der Waals surface area (Å²) in [6.45, 7) is 2.84. The van der Waals surface area contributed by atoms with Crippen molar-refractivity contribution in [1.29, 1.82) is 0 Å². The van der Waals surface area contributed by atoms with Crippen molar-refractivity contribution in [3.8, 4) is 11.1 Å². The summed E-state index contributed by atoms with van der Waals surface area (Å²) in [6.07, 6.45) is 0. The number of halogens is 2. The minimum atomic E-state index is -1.21. The third-order valence-electron chi connectivity index (χ3n) is 5.77. The Balaban J connectivity index is 1.46.